The van der Waals surface area contributed by atoms with E-state index < -0.39 is 35.1 Å². The van der Waals surface area contributed by atoms with Gasteiger partial charge in [-0.05, 0) is 70.9 Å². The molecule has 12 heteroatoms. The molecule has 4 atom stereocenters. The van der Waals surface area contributed by atoms with Crippen molar-refractivity contribution in [3.63, 3.8) is 0 Å². The van der Waals surface area contributed by atoms with Gasteiger partial charge in [-0.15, -0.1) is 0 Å². The SMILES string of the molecule is COc1ccccc1C(O)C1(C(=O)NC(c2ncc(-c3ccc(-c4ccc(-c5cnc(C(NC(=O)C6(C(O)c7ccccc7OC)CC6)C(C)(C)C)[nH]5)cc4)cc3)[nH]2)C(C)(C)C)CC1. The second kappa shape index (κ2) is 17.0. The van der Waals surface area contributed by atoms with Crippen LogP contribution in [-0.4, -0.2) is 56.2 Å². The number of H-pyrrole nitrogens is 2. The van der Waals surface area contributed by atoms with Crippen LogP contribution >= 0.6 is 0 Å². The number of amides is 2. The van der Waals surface area contributed by atoms with Crippen LogP contribution in [0.25, 0.3) is 33.6 Å². The van der Waals surface area contributed by atoms with Crippen LogP contribution < -0.4 is 20.1 Å². The van der Waals surface area contributed by atoms with E-state index in [-0.39, 0.29) is 22.6 Å². The second-order valence-electron chi connectivity index (χ2n) is 19.7. The summed E-state index contributed by atoms with van der Waals surface area (Å²) in [5.41, 5.74) is 4.26. The number of hydrogen-bond donors (Lipinski definition) is 6. The van der Waals surface area contributed by atoms with Gasteiger partial charge in [0.2, 0.25) is 11.8 Å². The zero-order chi connectivity index (χ0) is 45.6. The number of rotatable bonds is 15. The highest BCUT2D eigenvalue weighted by Gasteiger charge is 2.58. The molecule has 0 saturated heterocycles. The standard InChI is InChI=1S/C52H60N6O6/c1-49(2,3)41(57-47(61)51(25-26-51)43(59)35-13-9-11-15-39(35)63-7)45-53-29-37(55-45)33-21-17-31(18-22-33)32-19-23-34(24-20-32)38-30-54-46(56-38)42(50(4,5)6)58-48(62)52(27-28-52)44(60)36-14-10-12-16-40(36)64-8/h9-24,29-30,41-44,59-60H,25-28H2,1-8H3,(H,53,55)(H,54,56)(H,57,61)(H,58,62). The first-order valence-electron chi connectivity index (χ1n) is 22.0. The van der Waals surface area contributed by atoms with Crippen molar-refractivity contribution < 1.29 is 29.3 Å². The zero-order valence-corrected chi connectivity index (χ0v) is 38.0. The molecule has 6 aromatic rings. The first kappa shape index (κ1) is 44.4. The van der Waals surface area contributed by atoms with Gasteiger partial charge >= 0.3 is 0 Å². The van der Waals surface area contributed by atoms with Gasteiger partial charge in [-0.3, -0.25) is 9.59 Å². The minimum absolute atomic E-state index is 0.199. The van der Waals surface area contributed by atoms with Crippen molar-refractivity contribution in [2.45, 2.75) is 91.5 Å². The zero-order valence-electron chi connectivity index (χ0n) is 38.0. The van der Waals surface area contributed by atoms with Gasteiger partial charge in [0, 0.05) is 11.1 Å². The summed E-state index contributed by atoms with van der Waals surface area (Å²) in [7, 11) is 3.13. The molecule has 4 aromatic carbocycles. The van der Waals surface area contributed by atoms with Crippen LogP contribution in [0.4, 0.5) is 0 Å². The number of nitrogens with one attached hydrogen (secondary N) is 4. The van der Waals surface area contributed by atoms with E-state index in [9.17, 15) is 19.8 Å². The van der Waals surface area contributed by atoms with E-state index in [1.807, 2.05) is 36.4 Å². The Kier molecular flexibility index (Phi) is 11.8. The third-order valence-electron chi connectivity index (χ3n) is 13.1. The smallest absolute Gasteiger partial charge is 0.229 e. The Morgan fingerprint density at radius 3 is 1.20 bits per heavy atom. The van der Waals surface area contributed by atoms with Crippen LogP contribution in [0.5, 0.6) is 11.5 Å². The third-order valence-corrected chi connectivity index (χ3v) is 13.1. The third kappa shape index (κ3) is 8.56. The molecule has 334 valence electrons. The van der Waals surface area contributed by atoms with Crippen LogP contribution in [-0.2, 0) is 9.59 Å². The van der Waals surface area contributed by atoms with Crippen LogP contribution in [0.1, 0.15) is 114 Å². The van der Waals surface area contributed by atoms with E-state index in [0.717, 1.165) is 33.6 Å². The molecule has 4 unspecified atom stereocenters. The van der Waals surface area contributed by atoms with Crippen LogP contribution in [0, 0.1) is 21.7 Å². The number of nitrogens with zero attached hydrogens (tertiary/aromatic N) is 2. The lowest BCUT2D eigenvalue weighted by Gasteiger charge is -2.32. The molecule has 2 aromatic heterocycles. The number of carbonyl (C=O) groups is 2. The maximum absolute atomic E-state index is 13.9. The van der Waals surface area contributed by atoms with Gasteiger partial charge in [0.15, 0.2) is 0 Å². The molecule has 2 saturated carbocycles. The molecule has 0 radical (unpaired) electrons. The van der Waals surface area contributed by atoms with Gasteiger partial charge in [-0.1, -0.05) is 126 Å². The number of ether oxygens (including phenoxy) is 2. The number of methoxy groups -OCH3 is 2. The van der Waals surface area contributed by atoms with Crippen LogP contribution in [0.3, 0.4) is 0 Å². The molecule has 2 aliphatic carbocycles. The summed E-state index contributed by atoms with van der Waals surface area (Å²) >= 11 is 0. The van der Waals surface area contributed by atoms with Crippen molar-refractivity contribution in [3.8, 4) is 45.1 Å². The number of carbonyl (C=O) groups excluding carboxylic acids is 2. The second-order valence-corrected chi connectivity index (χ2v) is 19.7. The fourth-order valence-electron chi connectivity index (χ4n) is 8.78. The van der Waals surface area contributed by atoms with Crippen LogP contribution in [0.15, 0.2) is 109 Å². The van der Waals surface area contributed by atoms with Gasteiger partial charge in [-0.25, -0.2) is 9.97 Å². The Hall–Kier alpha value is -6.24. The lowest BCUT2D eigenvalue weighted by atomic mass is 9.84. The summed E-state index contributed by atoms with van der Waals surface area (Å²) in [4.78, 5) is 44.3. The number of hydrogen-bond acceptors (Lipinski definition) is 8. The van der Waals surface area contributed by atoms with Gasteiger partial charge in [0.25, 0.3) is 0 Å². The Bertz CT molecular complexity index is 2430. The summed E-state index contributed by atoms with van der Waals surface area (Å²) in [6.07, 6.45) is 3.92. The number of imidazole rings is 2. The minimum Gasteiger partial charge on any atom is -0.496 e. The summed E-state index contributed by atoms with van der Waals surface area (Å²) in [6, 6.07) is 30.2. The van der Waals surface area contributed by atoms with Crippen molar-refractivity contribution in [2.75, 3.05) is 14.2 Å². The Balaban J connectivity index is 0.934. The lowest BCUT2D eigenvalue weighted by molar-refractivity contribution is -0.133. The summed E-state index contributed by atoms with van der Waals surface area (Å²) in [5.74, 6) is 2.01. The van der Waals surface area contributed by atoms with E-state index in [4.69, 9.17) is 19.4 Å². The Morgan fingerprint density at radius 1 is 0.562 bits per heavy atom. The maximum Gasteiger partial charge on any atom is 0.229 e. The number of aliphatic hydroxyl groups is 2. The highest BCUT2D eigenvalue weighted by molar-refractivity contribution is 5.87. The number of aliphatic hydroxyl groups excluding tert-OH is 2. The lowest BCUT2D eigenvalue weighted by Crippen LogP contribution is -2.43. The average molecular weight is 865 g/mol. The topological polar surface area (TPSA) is 174 Å². The molecule has 2 aliphatic rings. The summed E-state index contributed by atoms with van der Waals surface area (Å²) in [5, 5.41) is 29.4. The number of aromatic nitrogens is 4. The van der Waals surface area contributed by atoms with Crippen molar-refractivity contribution in [1.29, 1.82) is 0 Å². The van der Waals surface area contributed by atoms with Crippen molar-refractivity contribution in [2.24, 2.45) is 21.7 Å². The molecule has 8 rings (SSSR count). The minimum atomic E-state index is -0.995. The van der Waals surface area contributed by atoms with Gasteiger partial charge in [0.1, 0.15) is 23.1 Å². The van der Waals surface area contributed by atoms with E-state index in [0.29, 0.717) is 60.0 Å². The predicted octanol–water partition coefficient (Wildman–Crippen LogP) is 9.59. The average Bonchev–Trinajstić information content (AvgIpc) is 4.18. The monoisotopic (exact) mass is 864 g/mol. The number of benzene rings is 4. The summed E-state index contributed by atoms with van der Waals surface area (Å²) in [6.45, 7) is 12.4. The molecule has 0 bridgehead atoms. The molecule has 0 aliphatic heterocycles. The van der Waals surface area contributed by atoms with Gasteiger partial charge in [-0.2, -0.15) is 0 Å². The van der Waals surface area contributed by atoms with Crippen LogP contribution in [0.2, 0.25) is 0 Å². The van der Waals surface area contributed by atoms with E-state index in [2.05, 4.69) is 111 Å². The molecule has 2 heterocycles. The van der Waals surface area contributed by atoms with Gasteiger partial charge < -0.3 is 40.3 Å². The van der Waals surface area contributed by atoms with E-state index in [1.54, 1.807) is 38.7 Å². The molecule has 12 nitrogen and oxygen atoms in total. The first-order valence-corrected chi connectivity index (χ1v) is 22.0. The molecular weight excluding hydrogens is 805 g/mol. The molecule has 64 heavy (non-hydrogen) atoms. The maximum atomic E-state index is 13.9. The highest BCUT2D eigenvalue weighted by atomic mass is 16.5. The van der Waals surface area contributed by atoms with E-state index in [1.165, 1.54) is 0 Å². The van der Waals surface area contributed by atoms with Crippen molar-refractivity contribution in [3.05, 3.63) is 132 Å². The number of aromatic amines is 2. The molecule has 2 amide bonds. The fraction of sp³-hybridized carbons (Fsp3) is 0.385. The molecule has 6 N–H and O–H groups in total. The Labute approximate surface area is 375 Å². The molecular formula is C52H60N6O6. The highest BCUT2D eigenvalue weighted by Crippen LogP contribution is 2.58. The quantitative estimate of drug-likeness (QED) is 0.0592. The molecule has 0 spiro atoms. The van der Waals surface area contributed by atoms with E-state index >= 15 is 0 Å². The normalized spacial score (nSPS) is 17.1. The number of para-hydroxylation sites is 2. The summed E-state index contributed by atoms with van der Waals surface area (Å²) < 4.78 is 11.0. The van der Waals surface area contributed by atoms with Gasteiger partial charge in [0.05, 0.1) is 73.1 Å². The van der Waals surface area contributed by atoms with Crippen molar-refractivity contribution in [1.82, 2.24) is 30.6 Å². The first-order chi connectivity index (χ1) is 30.5. The molecule has 2 fully saturated rings. The Morgan fingerprint density at radius 2 is 0.891 bits per heavy atom. The largest absolute Gasteiger partial charge is 0.496 e. The predicted molar refractivity (Wildman–Crippen MR) is 247 cm³/mol. The van der Waals surface area contributed by atoms with Crippen molar-refractivity contribution >= 4 is 11.8 Å². The fourth-order valence-corrected chi connectivity index (χ4v) is 8.78.